The van der Waals surface area contributed by atoms with Gasteiger partial charge < -0.3 is 10.6 Å². The van der Waals surface area contributed by atoms with Crippen LogP contribution in [0.2, 0.25) is 0 Å². The van der Waals surface area contributed by atoms with Crippen molar-refractivity contribution in [3.05, 3.63) is 0 Å². The van der Waals surface area contributed by atoms with Crippen molar-refractivity contribution in [3.63, 3.8) is 0 Å². The SMILES string of the molecule is CCS(=O)CCNC(=O)CCC1CCNCC1. The van der Waals surface area contributed by atoms with Crippen LogP contribution in [0.15, 0.2) is 0 Å². The summed E-state index contributed by atoms with van der Waals surface area (Å²) in [5, 5.41) is 6.16. The van der Waals surface area contributed by atoms with Gasteiger partial charge in [-0.1, -0.05) is 6.92 Å². The summed E-state index contributed by atoms with van der Waals surface area (Å²) in [6, 6.07) is 0. The van der Waals surface area contributed by atoms with Crippen LogP contribution in [0.3, 0.4) is 0 Å². The van der Waals surface area contributed by atoms with Crippen LogP contribution in [-0.4, -0.2) is 41.3 Å². The molecule has 0 radical (unpaired) electrons. The molecular weight excluding hydrogens is 236 g/mol. The first-order valence-electron chi connectivity index (χ1n) is 6.54. The van der Waals surface area contributed by atoms with Gasteiger partial charge in [-0.2, -0.15) is 0 Å². The highest BCUT2D eigenvalue weighted by Crippen LogP contribution is 2.17. The molecule has 0 aromatic carbocycles. The molecule has 17 heavy (non-hydrogen) atoms. The maximum Gasteiger partial charge on any atom is 0.220 e. The molecule has 4 nitrogen and oxygen atoms in total. The molecule has 1 amide bonds. The second-order valence-electron chi connectivity index (χ2n) is 4.51. The number of carbonyl (C=O) groups excluding carboxylic acids is 1. The summed E-state index contributed by atoms with van der Waals surface area (Å²) >= 11 is 0. The zero-order valence-electron chi connectivity index (χ0n) is 10.7. The molecule has 1 unspecified atom stereocenters. The van der Waals surface area contributed by atoms with Crippen molar-refractivity contribution in [2.75, 3.05) is 31.1 Å². The molecular formula is C12H24N2O2S. The normalized spacial score (nSPS) is 18.9. The van der Waals surface area contributed by atoms with E-state index in [9.17, 15) is 9.00 Å². The third-order valence-corrected chi connectivity index (χ3v) is 4.52. The molecule has 1 aliphatic heterocycles. The van der Waals surface area contributed by atoms with Gasteiger partial charge in [-0.3, -0.25) is 9.00 Å². The Morgan fingerprint density at radius 1 is 1.41 bits per heavy atom. The Labute approximate surface area is 106 Å². The number of amides is 1. The molecule has 1 aliphatic rings. The lowest BCUT2D eigenvalue weighted by molar-refractivity contribution is -0.121. The molecule has 2 N–H and O–H groups in total. The van der Waals surface area contributed by atoms with Crippen molar-refractivity contribution in [1.82, 2.24) is 10.6 Å². The average Bonchev–Trinajstić information content (AvgIpc) is 2.37. The first kappa shape index (κ1) is 14.6. The second-order valence-corrected chi connectivity index (χ2v) is 6.38. The number of piperidine rings is 1. The molecule has 0 bridgehead atoms. The highest BCUT2D eigenvalue weighted by molar-refractivity contribution is 7.84. The number of hydrogen-bond acceptors (Lipinski definition) is 3. The number of nitrogens with one attached hydrogen (secondary N) is 2. The zero-order chi connectivity index (χ0) is 12.5. The van der Waals surface area contributed by atoms with Crippen LogP contribution in [-0.2, 0) is 15.6 Å². The summed E-state index contributed by atoms with van der Waals surface area (Å²) in [5.74, 6) is 2.06. The van der Waals surface area contributed by atoms with Crippen molar-refractivity contribution in [3.8, 4) is 0 Å². The predicted molar refractivity (Wildman–Crippen MR) is 71.4 cm³/mol. The summed E-state index contributed by atoms with van der Waals surface area (Å²) in [5.41, 5.74) is 0. The molecule has 0 aromatic rings. The molecule has 0 aliphatic carbocycles. The lowest BCUT2D eigenvalue weighted by Crippen LogP contribution is -2.30. The molecule has 100 valence electrons. The van der Waals surface area contributed by atoms with E-state index in [1.165, 1.54) is 12.8 Å². The van der Waals surface area contributed by atoms with Crippen LogP contribution in [0.5, 0.6) is 0 Å². The van der Waals surface area contributed by atoms with Gasteiger partial charge in [-0.25, -0.2) is 0 Å². The molecule has 1 saturated heterocycles. The van der Waals surface area contributed by atoms with Crippen molar-refractivity contribution < 1.29 is 9.00 Å². The molecule has 0 spiro atoms. The highest BCUT2D eigenvalue weighted by atomic mass is 32.2. The van der Waals surface area contributed by atoms with E-state index in [4.69, 9.17) is 0 Å². The van der Waals surface area contributed by atoms with Gasteiger partial charge in [0.25, 0.3) is 0 Å². The van der Waals surface area contributed by atoms with Gasteiger partial charge in [-0.15, -0.1) is 0 Å². The predicted octanol–water partition coefficient (Wildman–Crippen LogP) is 0.651. The van der Waals surface area contributed by atoms with Gasteiger partial charge >= 0.3 is 0 Å². The van der Waals surface area contributed by atoms with Gasteiger partial charge in [0.2, 0.25) is 5.91 Å². The number of carbonyl (C=O) groups is 1. The first-order chi connectivity index (χ1) is 8.22. The van der Waals surface area contributed by atoms with Crippen LogP contribution in [0, 0.1) is 5.92 Å². The van der Waals surface area contributed by atoms with Crippen LogP contribution in [0.1, 0.15) is 32.6 Å². The molecule has 1 rings (SSSR count). The van der Waals surface area contributed by atoms with E-state index in [1.54, 1.807) is 0 Å². The summed E-state index contributed by atoms with van der Waals surface area (Å²) in [7, 11) is -0.775. The lowest BCUT2D eigenvalue weighted by Gasteiger charge is -2.22. The molecule has 0 aromatic heterocycles. The fraction of sp³-hybridized carbons (Fsp3) is 0.917. The van der Waals surface area contributed by atoms with Gasteiger partial charge in [0.1, 0.15) is 0 Å². The summed E-state index contributed by atoms with van der Waals surface area (Å²) in [6.07, 6.45) is 3.98. The number of rotatable bonds is 7. The smallest absolute Gasteiger partial charge is 0.220 e. The van der Waals surface area contributed by atoms with E-state index in [0.29, 0.717) is 30.4 Å². The summed E-state index contributed by atoms with van der Waals surface area (Å²) in [4.78, 5) is 11.5. The maximum atomic E-state index is 11.5. The fourth-order valence-electron chi connectivity index (χ4n) is 2.04. The van der Waals surface area contributed by atoms with Crippen LogP contribution < -0.4 is 10.6 Å². The van der Waals surface area contributed by atoms with Crippen LogP contribution in [0.4, 0.5) is 0 Å². The Morgan fingerprint density at radius 2 is 2.12 bits per heavy atom. The Kier molecular flexibility index (Phi) is 7.44. The van der Waals surface area contributed by atoms with Gasteiger partial charge in [0.15, 0.2) is 0 Å². The topological polar surface area (TPSA) is 58.2 Å². The van der Waals surface area contributed by atoms with Gasteiger partial charge in [-0.05, 0) is 38.3 Å². The van der Waals surface area contributed by atoms with E-state index in [-0.39, 0.29) is 5.91 Å². The first-order valence-corrected chi connectivity index (χ1v) is 8.03. The third kappa shape index (κ3) is 6.78. The molecule has 5 heteroatoms. The van der Waals surface area contributed by atoms with Gasteiger partial charge in [0.05, 0.1) is 0 Å². The van der Waals surface area contributed by atoms with Gasteiger partial charge in [0, 0.05) is 35.3 Å². The van der Waals surface area contributed by atoms with Crippen molar-refractivity contribution >= 4 is 16.7 Å². The summed E-state index contributed by atoms with van der Waals surface area (Å²) < 4.78 is 11.2. The largest absolute Gasteiger partial charge is 0.355 e. The third-order valence-electron chi connectivity index (χ3n) is 3.21. The van der Waals surface area contributed by atoms with Crippen LogP contribution >= 0.6 is 0 Å². The van der Waals surface area contributed by atoms with E-state index in [2.05, 4.69) is 10.6 Å². The average molecular weight is 260 g/mol. The zero-order valence-corrected chi connectivity index (χ0v) is 11.5. The van der Waals surface area contributed by atoms with E-state index < -0.39 is 10.8 Å². The molecule has 1 atom stereocenters. The minimum absolute atomic E-state index is 0.108. The number of hydrogen-bond donors (Lipinski definition) is 2. The van der Waals surface area contributed by atoms with E-state index in [1.807, 2.05) is 6.92 Å². The van der Waals surface area contributed by atoms with Crippen molar-refractivity contribution in [2.24, 2.45) is 5.92 Å². The van der Waals surface area contributed by atoms with Crippen molar-refractivity contribution in [1.29, 1.82) is 0 Å². The standard InChI is InChI=1S/C12H24N2O2S/c1-2-17(16)10-9-14-12(15)4-3-11-5-7-13-8-6-11/h11,13H,2-10H2,1H3,(H,14,15). The minimum atomic E-state index is -0.775. The fourth-order valence-corrected chi connectivity index (χ4v) is 2.66. The Morgan fingerprint density at radius 3 is 2.76 bits per heavy atom. The Bertz CT molecular complexity index is 253. The monoisotopic (exact) mass is 260 g/mol. The second kappa shape index (κ2) is 8.64. The van der Waals surface area contributed by atoms with Crippen molar-refractivity contribution in [2.45, 2.75) is 32.6 Å². The van der Waals surface area contributed by atoms with E-state index in [0.717, 1.165) is 19.5 Å². The quantitative estimate of drug-likeness (QED) is 0.707. The lowest BCUT2D eigenvalue weighted by atomic mass is 9.93. The molecule has 0 saturated carbocycles. The Hall–Kier alpha value is -0.420. The molecule has 1 fully saturated rings. The molecule has 1 heterocycles. The van der Waals surface area contributed by atoms with E-state index >= 15 is 0 Å². The van der Waals surface area contributed by atoms with Crippen LogP contribution in [0.25, 0.3) is 0 Å². The summed E-state index contributed by atoms with van der Waals surface area (Å²) in [6.45, 7) is 4.62. The Balaban J connectivity index is 2.02. The maximum absolute atomic E-state index is 11.5. The highest BCUT2D eigenvalue weighted by Gasteiger charge is 2.14. The minimum Gasteiger partial charge on any atom is -0.355 e.